The number of piperidine rings is 1. The lowest BCUT2D eigenvalue weighted by atomic mass is 10.0. The molecule has 38 heavy (non-hydrogen) atoms. The quantitative estimate of drug-likeness (QED) is 0.540. The van der Waals surface area contributed by atoms with Gasteiger partial charge in [-0.15, -0.1) is 0 Å². The molecular weight excluding hydrogens is 485 g/mol. The van der Waals surface area contributed by atoms with Gasteiger partial charge in [0, 0.05) is 80.2 Å². The van der Waals surface area contributed by atoms with Gasteiger partial charge in [-0.3, -0.25) is 19.4 Å². The van der Waals surface area contributed by atoms with Crippen LogP contribution in [0.1, 0.15) is 60.7 Å². The molecule has 0 bridgehead atoms. The SMILES string of the molecule is CC(C)(C)N1CCN(Cc2ccc(CNc3cccc4c3CN(C3CCC(=O)NC3O)C4=O)cc2F)CC1. The number of carbonyl (C=O) groups is 2. The summed E-state index contributed by atoms with van der Waals surface area (Å²) in [6.45, 7) is 11.9. The molecule has 0 aliphatic carbocycles. The third-order valence-electron chi connectivity index (χ3n) is 8.05. The number of aliphatic hydroxyl groups excluding tert-OH is 1. The van der Waals surface area contributed by atoms with E-state index in [2.05, 4.69) is 41.2 Å². The van der Waals surface area contributed by atoms with Gasteiger partial charge in [0.25, 0.3) is 5.91 Å². The number of piperazine rings is 1. The molecular formula is C29H38FN5O3. The fourth-order valence-electron chi connectivity index (χ4n) is 5.73. The average molecular weight is 524 g/mol. The van der Waals surface area contributed by atoms with Crippen LogP contribution in [0.4, 0.5) is 10.1 Å². The van der Waals surface area contributed by atoms with Crippen LogP contribution in [0.25, 0.3) is 0 Å². The molecule has 8 nitrogen and oxygen atoms in total. The second-order valence-corrected chi connectivity index (χ2v) is 11.6. The molecule has 204 valence electrons. The number of halogens is 1. The highest BCUT2D eigenvalue weighted by Crippen LogP contribution is 2.33. The van der Waals surface area contributed by atoms with E-state index < -0.39 is 12.3 Å². The highest BCUT2D eigenvalue weighted by Gasteiger charge is 2.39. The number of fused-ring (bicyclic) bond motifs is 1. The van der Waals surface area contributed by atoms with Gasteiger partial charge in [0.05, 0.1) is 6.04 Å². The van der Waals surface area contributed by atoms with Crippen LogP contribution in [0, 0.1) is 5.82 Å². The highest BCUT2D eigenvalue weighted by atomic mass is 19.1. The second kappa shape index (κ2) is 10.6. The Kier molecular flexibility index (Phi) is 7.44. The maximum atomic E-state index is 15.0. The number of carbonyl (C=O) groups excluding carboxylic acids is 2. The Balaban J connectivity index is 1.20. The number of hydrogen-bond acceptors (Lipinski definition) is 6. The number of nitrogens with one attached hydrogen (secondary N) is 2. The summed E-state index contributed by atoms with van der Waals surface area (Å²) in [7, 11) is 0. The topological polar surface area (TPSA) is 88.2 Å². The van der Waals surface area contributed by atoms with E-state index in [-0.39, 0.29) is 29.6 Å². The minimum absolute atomic E-state index is 0.150. The summed E-state index contributed by atoms with van der Waals surface area (Å²) in [5.74, 6) is -0.556. The minimum Gasteiger partial charge on any atom is -0.381 e. The molecule has 0 aromatic heterocycles. The number of amides is 2. The Bertz CT molecular complexity index is 1210. The monoisotopic (exact) mass is 523 g/mol. The summed E-state index contributed by atoms with van der Waals surface area (Å²) in [4.78, 5) is 31.1. The van der Waals surface area contributed by atoms with Crippen LogP contribution < -0.4 is 10.6 Å². The van der Waals surface area contributed by atoms with Crippen molar-refractivity contribution < 1.29 is 19.1 Å². The molecule has 3 aliphatic rings. The van der Waals surface area contributed by atoms with Gasteiger partial charge in [-0.25, -0.2) is 4.39 Å². The fraction of sp³-hybridized carbons (Fsp3) is 0.517. The number of hydrogen-bond donors (Lipinski definition) is 3. The van der Waals surface area contributed by atoms with Gasteiger partial charge in [0.15, 0.2) is 0 Å². The molecule has 0 saturated carbocycles. The van der Waals surface area contributed by atoms with E-state index in [9.17, 15) is 14.7 Å². The summed E-state index contributed by atoms with van der Waals surface area (Å²) in [6, 6.07) is 10.5. The molecule has 2 saturated heterocycles. The molecule has 5 rings (SSSR count). The first-order chi connectivity index (χ1) is 18.1. The lowest BCUT2D eigenvalue weighted by Gasteiger charge is -2.42. The minimum atomic E-state index is -1.07. The van der Waals surface area contributed by atoms with Gasteiger partial charge in [-0.2, -0.15) is 0 Å². The van der Waals surface area contributed by atoms with Crippen LogP contribution in [0.3, 0.4) is 0 Å². The summed E-state index contributed by atoms with van der Waals surface area (Å²) in [5.41, 5.74) is 3.95. The molecule has 3 heterocycles. The van der Waals surface area contributed by atoms with Crippen molar-refractivity contribution in [2.75, 3.05) is 31.5 Å². The van der Waals surface area contributed by atoms with E-state index in [0.717, 1.165) is 43.0 Å². The molecule has 2 aromatic rings. The number of benzene rings is 2. The van der Waals surface area contributed by atoms with Crippen LogP contribution in [-0.2, 0) is 24.4 Å². The van der Waals surface area contributed by atoms with E-state index >= 15 is 4.39 Å². The summed E-state index contributed by atoms with van der Waals surface area (Å²) in [5, 5.41) is 16.2. The Morgan fingerprint density at radius 1 is 1.11 bits per heavy atom. The van der Waals surface area contributed by atoms with Gasteiger partial charge in [-0.05, 0) is 51.0 Å². The normalized spacial score (nSPS) is 22.9. The fourth-order valence-corrected chi connectivity index (χ4v) is 5.73. The zero-order valence-electron chi connectivity index (χ0n) is 22.5. The van der Waals surface area contributed by atoms with Crippen LogP contribution in [0.2, 0.25) is 0 Å². The summed E-state index contributed by atoms with van der Waals surface area (Å²) in [6.07, 6.45) is -0.371. The molecule has 2 amide bonds. The number of nitrogens with zero attached hydrogens (tertiary/aromatic N) is 3. The molecule has 3 N–H and O–H groups in total. The van der Waals surface area contributed by atoms with E-state index in [1.807, 2.05) is 24.3 Å². The standard InChI is InChI=1S/C29H38FN5O3/c1-29(2,3)34-13-11-33(12-14-34)17-20-8-7-19(15-23(20)30)16-31-24-6-4-5-21-22(24)18-35(28(21)38)25-9-10-26(36)32-27(25)37/h4-8,15,25,27,31,37H,9-14,16-18H2,1-3H3,(H,32,36). The Morgan fingerprint density at radius 3 is 2.55 bits per heavy atom. The van der Waals surface area contributed by atoms with Crippen molar-refractivity contribution in [2.45, 2.75) is 71.1 Å². The van der Waals surface area contributed by atoms with E-state index in [4.69, 9.17) is 0 Å². The first kappa shape index (κ1) is 26.6. The Morgan fingerprint density at radius 2 is 1.87 bits per heavy atom. The van der Waals surface area contributed by atoms with Crippen LogP contribution >= 0.6 is 0 Å². The van der Waals surface area contributed by atoms with Crippen molar-refractivity contribution in [3.05, 3.63) is 64.5 Å². The molecule has 2 fully saturated rings. The van der Waals surface area contributed by atoms with Gasteiger partial charge in [0.1, 0.15) is 12.0 Å². The Hall–Kier alpha value is -3.01. The van der Waals surface area contributed by atoms with Crippen molar-refractivity contribution in [2.24, 2.45) is 0 Å². The molecule has 2 aromatic carbocycles. The average Bonchev–Trinajstić information content (AvgIpc) is 3.21. The maximum Gasteiger partial charge on any atom is 0.254 e. The van der Waals surface area contributed by atoms with Gasteiger partial charge >= 0.3 is 0 Å². The zero-order valence-corrected chi connectivity index (χ0v) is 22.5. The van der Waals surface area contributed by atoms with Crippen molar-refractivity contribution in [3.63, 3.8) is 0 Å². The molecule has 2 unspecified atom stereocenters. The molecule has 0 spiro atoms. The van der Waals surface area contributed by atoms with Gasteiger partial charge in [0.2, 0.25) is 5.91 Å². The molecule has 3 aliphatic heterocycles. The third kappa shape index (κ3) is 5.55. The highest BCUT2D eigenvalue weighted by molar-refractivity contribution is 6.00. The van der Waals surface area contributed by atoms with Crippen molar-refractivity contribution in [1.82, 2.24) is 20.0 Å². The Labute approximate surface area is 223 Å². The summed E-state index contributed by atoms with van der Waals surface area (Å²) < 4.78 is 15.0. The smallest absolute Gasteiger partial charge is 0.254 e. The first-order valence-electron chi connectivity index (χ1n) is 13.5. The van der Waals surface area contributed by atoms with E-state index in [1.165, 1.54) is 0 Å². The predicted molar refractivity (Wildman–Crippen MR) is 144 cm³/mol. The largest absolute Gasteiger partial charge is 0.381 e. The van der Waals surface area contributed by atoms with Crippen LogP contribution in [-0.4, -0.2) is 75.6 Å². The third-order valence-corrected chi connectivity index (χ3v) is 8.05. The van der Waals surface area contributed by atoms with Gasteiger partial charge in [-0.1, -0.05) is 18.2 Å². The second-order valence-electron chi connectivity index (χ2n) is 11.6. The number of rotatable bonds is 6. The van der Waals surface area contributed by atoms with E-state index in [0.29, 0.717) is 37.2 Å². The number of anilines is 1. The lowest BCUT2D eigenvalue weighted by molar-refractivity contribution is -0.129. The van der Waals surface area contributed by atoms with Crippen molar-refractivity contribution >= 4 is 17.5 Å². The molecule has 0 radical (unpaired) electrons. The number of aliphatic hydroxyl groups is 1. The van der Waals surface area contributed by atoms with E-state index in [1.54, 1.807) is 17.0 Å². The van der Waals surface area contributed by atoms with Crippen LogP contribution in [0.5, 0.6) is 0 Å². The first-order valence-corrected chi connectivity index (χ1v) is 13.5. The maximum absolute atomic E-state index is 15.0. The molecule has 2 atom stereocenters. The van der Waals surface area contributed by atoms with Crippen LogP contribution in [0.15, 0.2) is 36.4 Å². The predicted octanol–water partition coefficient (Wildman–Crippen LogP) is 2.91. The van der Waals surface area contributed by atoms with Crippen molar-refractivity contribution in [3.8, 4) is 0 Å². The molecule has 9 heteroatoms. The lowest BCUT2D eigenvalue weighted by Crippen LogP contribution is -2.55. The summed E-state index contributed by atoms with van der Waals surface area (Å²) >= 11 is 0. The zero-order chi connectivity index (χ0) is 27.0. The van der Waals surface area contributed by atoms with Crippen molar-refractivity contribution in [1.29, 1.82) is 0 Å². The van der Waals surface area contributed by atoms with Gasteiger partial charge < -0.3 is 20.6 Å².